The molecule has 0 atom stereocenters. The number of fused-ring (bicyclic) bond motifs is 1. The van der Waals surface area contributed by atoms with E-state index in [1.165, 1.54) is 4.40 Å². The molecule has 0 fully saturated rings. The standard InChI is InChI=1S/C12H9IN4O2/c1-7-14-11(6-10-15-16-12(18)17(7)10)19-9-5-3-2-4-8(9)13/h2-6H,1H3,(H,16,18). The average Bonchev–Trinajstić information content (AvgIpc) is 2.74. The highest BCUT2D eigenvalue weighted by Crippen LogP contribution is 2.25. The molecule has 0 spiro atoms. The summed E-state index contributed by atoms with van der Waals surface area (Å²) in [6.07, 6.45) is 0. The molecule has 0 radical (unpaired) electrons. The summed E-state index contributed by atoms with van der Waals surface area (Å²) in [6.45, 7) is 1.73. The largest absolute Gasteiger partial charge is 0.438 e. The van der Waals surface area contributed by atoms with Crippen LogP contribution in [0.3, 0.4) is 0 Å². The zero-order chi connectivity index (χ0) is 13.4. The molecular formula is C12H9IN4O2. The quantitative estimate of drug-likeness (QED) is 0.704. The molecule has 19 heavy (non-hydrogen) atoms. The Bertz CT molecular complexity index is 809. The molecule has 0 aliphatic rings. The van der Waals surface area contributed by atoms with E-state index in [1.807, 2.05) is 24.3 Å². The lowest BCUT2D eigenvalue weighted by Gasteiger charge is -2.07. The summed E-state index contributed by atoms with van der Waals surface area (Å²) in [5.41, 5.74) is 0.180. The van der Waals surface area contributed by atoms with Gasteiger partial charge in [-0.05, 0) is 41.6 Å². The van der Waals surface area contributed by atoms with Crippen LogP contribution in [0.25, 0.3) is 5.65 Å². The third-order valence-electron chi connectivity index (χ3n) is 2.60. The first-order chi connectivity index (χ1) is 9.15. The van der Waals surface area contributed by atoms with Gasteiger partial charge in [-0.1, -0.05) is 12.1 Å². The number of hydrogen-bond donors (Lipinski definition) is 1. The zero-order valence-electron chi connectivity index (χ0n) is 9.92. The second-order valence-corrected chi connectivity index (χ2v) is 5.06. The molecular weight excluding hydrogens is 359 g/mol. The SMILES string of the molecule is Cc1nc(Oc2ccccc2I)cc2n[nH]c(=O)n12. The molecule has 0 unspecified atom stereocenters. The monoisotopic (exact) mass is 368 g/mol. The molecule has 96 valence electrons. The number of ether oxygens (including phenoxy) is 1. The van der Waals surface area contributed by atoms with Crippen molar-refractivity contribution < 1.29 is 4.74 Å². The summed E-state index contributed by atoms with van der Waals surface area (Å²) in [5.74, 6) is 1.66. The van der Waals surface area contributed by atoms with Crippen LogP contribution in [0.4, 0.5) is 0 Å². The second-order valence-electron chi connectivity index (χ2n) is 3.90. The smallest absolute Gasteiger partial charge is 0.349 e. The molecule has 6 nitrogen and oxygen atoms in total. The number of hydrogen-bond acceptors (Lipinski definition) is 4. The van der Waals surface area contributed by atoms with E-state index in [4.69, 9.17) is 4.74 Å². The van der Waals surface area contributed by atoms with Gasteiger partial charge in [-0.15, -0.1) is 0 Å². The van der Waals surface area contributed by atoms with Gasteiger partial charge in [-0.2, -0.15) is 10.1 Å². The molecule has 3 aromatic rings. The summed E-state index contributed by atoms with van der Waals surface area (Å²) in [6, 6.07) is 9.25. The fraction of sp³-hybridized carbons (Fsp3) is 0.0833. The minimum Gasteiger partial charge on any atom is -0.438 e. The van der Waals surface area contributed by atoms with Gasteiger partial charge < -0.3 is 4.74 Å². The number of aromatic amines is 1. The van der Waals surface area contributed by atoms with Crippen LogP contribution in [0.15, 0.2) is 35.1 Å². The molecule has 2 aromatic heterocycles. The van der Waals surface area contributed by atoms with Crippen molar-refractivity contribution >= 4 is 28.2 Å². The van der Waals surface area contributed by atoms with E-state index in [0.717, 1.165) is 9.32 Å². The van der Waals surface area contributed by atoms with Gasteiger partial charge >= 0.3 is 5.69 Å². The number of halogens is 1. The molecule has 0 amide bonds. The summed E-state index contributed by atoms with van der Waals surface area (Å²) in [5, 5.41) is 6.29. The Hall–Kier alpha value is -1.90. The van der Waals surface area contributed by atoms with Crippen LogP contribution < -0.4 is 10.4 Å². The molecule has 0 bridgehead atoms. The minimum absolute atomic E-state index is 0.305. The second kappa shape index (κ2) is 4.65. The third kappa shape index (κ3) is 2.21. The number of rotatable bonds is 2. The summed E-state index contributed by atoms with van der Waals surface area (Å²) in [7, 11) is 0. The van der Waals surface area contributed by atoms with E-state index >= 15 is 0 Å². The van der Waals surface area contributed by atoms with Crippen molar-refractivity contribution in [2.24, 2.45) is 0 Å². The van der Waals surface area contributed by atoms with Gasteiger partial charge in [-0.3, -0.25) is 0 Å². The van der Waals surface area contributed by atoms with E-state index in [2.05, 4.69) is 37.8 Å². The minimum atomic E-state index is -0.305. The maximum Gasteiger partial charge on any atom is 0.349 e. The summed E-state index contributed by atoms with van der Waals surface area (Å²) >= 11 is 2.19. The number of aryl methyl sites for hydroxylation is 1. The summed E-state index contributed by atoms with van der Waals surface area (Å²) < 4.78 is 8.10. The fourth-order valence-corrected chi connectivity index (χ4v) is 2.26. The van der Waals surface area contributed by atoms with Gasteiger partial charge in [0, 0.05) is 6.07 Å². The lowest BCUT2D eigenvalue weighted by Crippen LogP contribution is -2.13. The van der Waals surface area contributed by atoms with Crippen molar-refractivity contribution in [3.63, 3.8) is 0 Å². The first-order valence-electron chi connectivity index (χ1n) is 5.52. The first-order valence-corrected chi connectivity index (χ1v) is 6.60. The third-order valence-corrected chi connectivity index (χ3v) is 3.49. The number of aromatic nitrogens is 4. The van der Waals surface area contributed by atoms with E-state index in [1.54, 1.807) is 13.0 Å². The van der Waals surface area contributed by atoms with E-state index in [9.17, 15) is 4.79 Å². The molecule has 0 aliphatic heterocycles. The van der Waals surface area contributed by atoms with Gasteiger partial charge in [0.1, 0.15) is 11.6 Å². The van der Waals surface area contributed by atoms with Crippen LogP contribution in [0.5, 0.6) is 11.6 Å². The highest BCUT2D eigenvalue weighted by molar-refractivity contribution is 14.1. The molecule has 2 heterocycles. The number of H-pyrrole nitrogens is 1. The van der Waals surface area contributed by atoms with Crippen molar-refractivity contribution in [1.29, 1.82) is 0 Å². The highest BCUT2D eigenvalue weighted by Gasteiger charge is 2.09. The summed E-state index contributed by atoms with van der Waals surface area (Å²) in [4.78, 5) is 15.7. The zero-order valence-corrected chi connectivity index (χ0v) is 12.1. The number of benzene rings is 1. The lowest BCUT2D eigenvalue weighted by molar-refractivity contribution is 0.457. The first kappa shape index (κ1) is 12.2. The van der Waals surface area contributed by atoms with Crippen molar-refractivity contribution in [2.45, 2.75) is 6.92 Å². The Kier molecular flexibility index (Phi) is 2.97. The maximum absolute atomic E-state index is 11.5. The van der Waals surface area contributed by atoms with Gasteiger partial charge in [0.25, 0.3) is 0 Å². The Labute approximate surface area is 121 Å². The fourth-order valence-electron chi connectivity index (χ4n) is 1.76. The van der Waals surface area contributed by atoms with Crippen LogP contribution in [0, 0.1) is 10.5 Å². The van der Waals surface area contributed by atoms with Gasteiger partial charge in [0.2, 0.25) is 5.88 Å². The van der Waals surface area contributed by atoms with E-state index in [0.29, 0.717) is 17.4 Å². The number of nitrogens with one attached hydrogen (secondary N) is 1. The maximum atomic E-state index is 11.5. The molecule has 0 saturated heterocycles. The normalized spacial score (nSPS) is 10.8. The van der Waals surface area contributed by atoms with Crippen LogP contribution in [-0.2, 0) is 0 Å². The van der Waals surface area contributed by atoms with Gasteiger partial charge in [0.15, 0.2) is 5.65 Å². The van der Waals surface area contributed by atoms with E-state index < -0.39 is 0 Å². The molecule has 0 aliphatic carbocycles. The molecule has 0 saturated carbocycles. The Morgan fingerprint density at radius 3 is 2.95 bits per heavy atom. The van der Waals surface area contributed by atoms with Crippen LogP contribution in [0.2, 0.25) is 0 Å². The van der Waals surface area contributed by atoms with Crippen molar-refractivity contribution in [2.75, 3.05) is 0 Å². The Balaban J connectivity index is 2.07. The van der Waals surface area contributed by atoms with Crippen molar-refractivity contribution in [3.05, 3.63) is 50.2 Å². The molecule has 1 aromatic carbocycles. The molecule has 7 heteroatoms. The van der Waals surface area contributed by atoms with E-state index in [-0.39, 0.29) is 5.69 Å². The van der Waals surface area contributed by atoms with Gasteiger partial charge in [0.05, 0.1) is 3.57 Å². The average molecular weight is 368 g/mol. The number of para-hydroxylation sites is 1. The van der Waals surface area contributed by atoms with Crippen LogP contribution in [0.1, 0.15) is 5.82 Å². The number of nitrogens with zero attached hydrogens (tertiary/aromatic N) is 3. The predicted molar refractivity (Wildman–Crippen MR) is 77.6 cm³/mol. The van der Waals surface area contributed by atoms with Crippen LogP contribution >= 0.6 is 22.6 Å². The molecule has 3 rings (SSSR count). The lowest BCUT2D eigenvalue weighted by atomic mass is 10.3. The predicted octanol–water partition coefficient (Wildman–Crippen LogP) is 2.12. The topological polar surface area (TPSA) is 72.3 Å². The van der Waals surface area contributed by atoms with Crippen LogP contribution in [-0.4, -0.2) is 19.6 Å². The van der Waals surface area contributed by atoms with Crippen molar-refractivity contribution in [1.82, 2.24) is 19.6 Å². The van der Waals surface area contributed by atoms with Crippen molar-refractivity contribution in [3.8, 4) is 11.6 Å². The Morgan fingerprint density at radius 1 is 1.37 bits per heavy atom. The molecule has 1 N–H and O–H groups in total. The van der Waals surface area contributed by atoms with Gasteiger partial charge in [-0.25, -0.2) is 14.3 Å². The highest BCUT2D eigenvalue weighted by atomic mass is 127. The Morgan fingerprint density at radius 2 is 2.16 bits per heavy atom.